The van der Waals surface area contributed by atoms with Gasteiger partial charge in [-0.1, -0.05) is 43.3 Å². The highest BCUT2D eigenvalue weighted by atomic mass is 16.5. The van der Waals surface area contributed by atoms with Crippen molar-refractivity contribution in [1.29, 1.82) is 0 Å². The number of hydrogen-bond acceptors (Lipinski definition) is 4. The molecule has 0 saturated carbocycles. The summed E-state index contributed by atoms with van der Waals surface area (Å²) in [6.45, 7) is 1.83. The Bertz CT molecular complexity index is 785. The molecule has 3 aromatic carbocycles. The Labute approximate surface area is 153 Å². The zero-order valence-electron chi connectivity index (χ0n) is 14.6. The molecule has 0 unspecified atom stereocenters. The second-order valence-electron chi connectivity index (χ2n) is 5.65. The van der Waals surface area contributed by atoms with Crippen LogP contribution in [-0.2, 0) is 4.79 Å². The van der Waals surface area contributed by atoms with Crippen LogP contribution in [0, 0.1) is 0 Å². The van der Waals surface area contributed by atoms with Gasteiger partial charge in [0.25, 0.3) is 0 Å². The second kappa shape index (κ2) is 8.72. The molecule has 4 heteroatoms. The first-order valence-corrected chi connectivity index (χ1v) is 8.48. The van der Waals surface area contributed by atoms with E-state index in [9.17, 15) is 4.79 Å². The van der Waals surface area contributed by atoms with E-state index in [-0.39, 0.29) is 12.4 Å². The Balaban J connectivity index is 1.84. The van der Waals surface area contributed by atoms with Crippen molar-refractivity contribution in [2.75, 3.05) is 6.61 Å². The van der Waals surface area contributed by atoms with Gasteiger partial charge in [-0.3, -0.25) is 4.79 Å². The summed E-state index contributed by atoms with van der Waals surface area (Å²) in [5.41, 5.74) is 0. The van der Waals surface area contributed by atoms with Crippen LogP contribution >= 0.6 is 0 Å². The number of para-hydroxylation sites is 2. The lowest BCUT2D eigenvalue weighted by molar-refractivity contribution is -0.120. The van der Waals surface area contributed by atoms with Crippen LogP contribution in [0.4, 0.5) is 0 Å². The maximum absolute atomic E-state index is 11.5. The van der Waals surface area contributed by atoms with Gasteiger partial charge in [0.15, 0.2) is 5.78 Å². The third-order valence-corrected chi connectivity index (χ3v) is 3.61. The number of carbonyl (C=O) groups is 1. The maximum Gasteiger partial charge on any atom is 0.169 e. The first-order chi connectivity index (χ1) is 12.7. The summed E-state index contributed by atoms with van der Waals surface area (Å²) in [7, 11) is 0. The Morgan fingerprint density at radius 2 is 1.15 bits per heavy atom. The highest BCUT2D eigenvalue weighted by molar-refractivity contribution is 5.79. The Kier molecular flexibility index (Phi) is 5.88. The molecule has 0 radical (unpaired) electrons. The standard InChI is InChI=1S/C22H20O4/c1-2-17(23)16-24-20-13-21(25-18-9-5-3-6-10-18)15-22(14-20)26-19-11-7-4-8-12-19/h3-15H,2,16H2,1H3. The summed E-state index contributed by atoms with van der Waals surface area (Å²) in [5, 5.41) is 0. The molecule has 0 aliphatic heterocycles. The first-order valence-electron chi connectivity index (χ1n) is 8.48. The van der Waals surface area contributed by atoms with Crippen LogP contribution in [0.2, 0.25) is 0 Å². The van der Waals surface area contributed by atoms with Crippen LogP contribution in [0.25, 0.3) is 0 Å². The predicted octanol–water partition coefficient (Wildman–Crippen LogP) is 5.63. The molecule has 0 saturated heterocycles. The molecule has 0 amide bonds. The molecule has 132 valence electrons. The first kappa shape index (κ1) is 17.5. The summed E-state index contributed by atoms with van der Waals surface area (Å²) >= 11 is 0. The van der Waals surface area contributed by atoms with Crippen molar-refractivity contribution < 1.29 is 19.0 Å². The molecule has 0 bridgehead atoms. The van der Waals surface area contributed by atoms with E-state index in [4.69, 9.17) is 14.2 Å². The average molecular weight is 348 g/mol. The van der Waals surface area contributed by atoms with Gasteiger partial charge in [-0.2, -0.15) is 0 Å². The lowest BCUT2D eigenvalue weighted by Gasteiger charge is -2.12. The molecule has 4 nitrogen and oxygen atoms in total. The molecule has 0 heterocycles. The fourth-order valence-corrected chi connectivity index (χ4v) is 2.26. The minimum absolute atomic E-state index is 0.0239. The number of ether oxygens (including phenoxy) is 3. The van der Waals surface area contributed by atoms with Gasteiger partial charge in [-0.05, 0) is 24.3 Å². The van der Waals surface area contributed by atoms with E-state index < -0.39 is 0 Å². The average Bonchev–Trinajstić information content (AvgIpc) is 2.67. The highest BCUT2D eigenvalue weighted by Crippen LogP contribution is 2.33. The molecule has 3 rings (SSSR count). The van der Waals surface area contributed by atoms with E-state index in [1.54, 1.807) is 18.2 Å². The van der Waals surface area contributed by atoms with Crippen LogP contribution in [0.1, 0.15) is 13.3 Å². The minimum atomic E-state index is 0.0239. The number of Topliss-reactive ketones (excluding diaryl/α,β-unsaturated/α-hetero) is 1. The molecule has 0 atom stereocenters. The Hall–Kier alpha value is -3.27. The largest absolute Gasteiger partial charge is 0.486 e. The van der Waals surface area contributed by atoms with Crippen LogP contribution in [0.5, 0.6) is 28.7 Å². The van der Waals surface area contributed by atoms with Crippen molar-refractivity contribution in [3.8, 4) is 28.7 Å². The fraction of sp³-hybridized carbons (Fsp3) is 0.136. The van der Waals surface area contributed by atoms with Crippen molar-refractivity contribution in [3.63, 3.8) is 0 Å². The number of rotatable bonds is 8. The SMILES string of the molecule is CCC(=O)COc1cc(Oc2ccccc2)cc(Oc2ccccc2)c1. The molecule has 0 aromatic heterocycles. The summed E-state index contributed by atoms with van der Waals surface area (Å²) in [4.78, 5) is 11.5. The van der Waals surface area contributed by atoms with Gasteiger partial charge in [-0.15, -0.1) is 0 Å². The topological polar surface area (TPSA) is 44.8 Å². The zero-order valence-corrected chi connectivity index (χ0v) is 14.6. The summed E-state index contributed by atoms with van der Waals surface area (Å²) in [5.74, 6) is 3.11. The number of hydrogen-bond donors (Lipinski definition) is 0. The summed E-state index contributed by atoms with van der Waals surface area (Å²) < 4.78 is 17.4. The highest BCUT2D eigenvalue weighted by Gasteiger charge is 2.08. The van der Waals surface area contributed by atoms with E-state index in [1.807, 2.05) is 67.6 Å². The number of ketones is 1. The third kappa shape index (κ3) is 5.11. The Morgan fingerprint density at radius 1 is 0.692 bits per heavy atom. The van der Waals surface area contributed by atoms with Crippen LogP contribution < -0.4 is 14.2 Å². The quantitative estimate of drug-likeness (QED) is 0.529. The fourth-order valence-electron chi connectivity index (χ4n) is 2.26. The molecule has 26 heavy (non-hydrogen) atoms. The van der Waals surface area contributed by atoms with E-state index in [0.29, 0.717) is 35.2 Å². The smallest absolute Gasteiger partial charge is 0.169 e. The molecule has 0 aliphatic rings. The molecule has 0 N–H and O–H groups in total. The molecule has 3 aromatic rings. The van der Waals surface area contributed by atoms with Gasteiger partial charge in [-0.25, -0.2) is 0 Å². The molecule has 0 fully saturated rings. The lowest BCUT2D eigenvalue weighted by atomic mass is 10.2. The second-order valence-corrected chi connectivity index (χ2v) is 5.65. The molecular formula is C22H20O4. The van der Waals surface area contributed by atoms with Gasteiger partial charge in [0.1, 0.15) is 35.4 Å². The van der Waals surface area contributed by atoms with Gasteiger partial charge in [0, 0.05) is 24.6 Å². The van der Waals surface area contributed by atoms with Crippen molar-refractivity contribution in [1.82, 2.24) is 0 Å². The van der Waals surface area contributed by atoms with Crippen molar-refractivity contribution >= 4 is 5.78 Å². The van der Waals surface area contributed by atoms with Crippen molar-refractivity contribution in [2.45, 2.75) is 13.3 Å². The number of carbonyl (C=O) groups excluding carboxylic acids is 1. The number of benzene rings is 3. The van der Waals surface area contributed by atoms with E-state index in [1.165, 1.54) is 0 Å². The van der Waals surface area contributed by atoms with Gasteiger partial charge in [0.2, 0.25) is 0 Å². The van der Waals surface area contributed by atoms with Crippen LogP contribution in [-0.4, -0.2) is 12.4 Å². The molecular weight excluding hydrogens is 328 g/mol. The van der Waals surface area contributed by atoms with Gasteiger partial charge in [0.05, 0.1) is 0 Å². The van der Waals surface area contributed by atoms with Crippen LogP contribution in [0.15, 0.2) is 78.9 Å². The van der Waals surface area contributed by atoms with Crippen molar-refractivity contribution in [3.05, 3.63) is 78.9 Å². The van der Waals surface area contributed by atoms with Gasteiger partial charge >= 0.3 is 0 Å². The van der Waals surface area contributed by atoms with E-state index >= 15 is 0 Å². The molecule has 0 spiro atoms. The predicted molar refractivity (Wildman–Crippen MR) is 100 cm³/mol. The molecule has 0 aliphatic carbocycles. The zero-order chi connectivity index (χ0) is 18.2. The van der Waals surface area contributed by atoms with Gasteiger partial charge < -0.3 is 14.2 Å². The van der Waals surface area contributed by atoms with E-state index in [0.717, 1.165) is 0 Å². The normalized spacial score (nSPS) is 10.2. The lowest BCUT2D eigenvalue weighted by Crippen LogP contribution is -2.09. The Morgan fingerprint density at radius 3 is 1.62 bits per heavy atom. The monoisotopic (exact) mass is 348 g/mol. The summed E-state index contributed by atoms with van der Waals surface area (Å²) in [6.07, 6.45) is 0.438. The van der Waals surface area contributed by atoms with Crippen LogP contribution in [0.3, 0.4) is 0 Å². The minimum Gasteiger partial charge on any atom is -0.486 e. The van der Waals surface area contributed by atoms with E-state index in [2.05, 4.69) is 0 Å². The third-order valence-electron chi connectivity index (χ3n) is 3.61. The maximum atomic E-state index is 11.5. The van der Waals surface area contributed by atoms with Crippen molar-refractivity contribution in [2.24, 2.45) is 0 Å². The summed E-state index contributed by atoms with van der Waals surface area (Å²) in [6, 6.07) is 24.2.